The van der Waals surface area contributed by atoms with E-state index in [-0.39, 0.29) is 37.6 Å². The van der Waals surface area contributed by atoms with Crippen LogP contribution in [-0.4, -0.2) is 58.1 Å². The van der Waals surface area contributed by atoms with Crippen molar-refractivity contribution in [2.75, 3.05) is 13.1 Å². The molecule has 28 heavy (non-hydrogen) atoms. The molecule has 2 aliphatic heterocycles. The number of piperidine rings is 2. The van der Waals surface area contributed by atoms with Gasteiger partial charge in [-0.3, -0.25) is 14.4 Å². The lowest BCUT2D eigenvalue weighted by Crippen LogP contribution is -2.61. The summed E-state index contributed by atoms with van der Waals surface area (Å²) in [6, 6.07) is 7.95. The van der Waals surface area contributed by atoms with Crippen molar-refractivity contribution in [3.05, 3.63) is 35.9 Å². The van der Waals surface area contributed by atoms with Crippen LogP contribution in [0.3, 0.4) is 0 Å². The second-order valence-electron chi connectivity index (χ2n) is 7.82. The molecule has 1 spiro atoms. The maximum atomic E-state index is 13.0. The van der Waals surface area contributed by atoms with Gasteiger partial charge in [0, 0.05) is 19.5 Å². The molecule has 8 heteroatoms. The number of carboxylic acid groups (broad SMARTS) is 1. The topological polar surface area (TPSA) is 133 Å². The minimum absolute atomic E-state index is 0.0581. The van der Waals surface area contributed by atoms with E-state index < -0.39 is 29.6 Å². The predicted molar refractivity (Wildman–Crippen MR) is 101 cm³/mol. The number of likely N-dealkylation sites (tertiary alicyclic amines) is 1. The molecule has 0 saturated carbocycles. The van der Waals surface area contributed by atoms with Crippen LogP contribution in [0, 0.1) is 5.41 Å². The number of aliphatic hydroxyl groups excluding tert-OH is 1. The van der Waals surface area contributed by atoms with E-state index in [4.69, 9.17) is 10.8 Å². The number of hydrogen-bond donors (Lipinski definition) is 4. The van der Waals surface area contributed by atoms with Crippen LogP contribution in [0.25, 0.3) is 0 Å². The van der Waals surface area contributed by atoms with Crippen LogP contribution < -0.4 is 11.1 Å². The Morgan fingerprint density at radius 2 is 2.04 bits per heavy atom. The molecule has 8 nitrogen and oxygen atoms in total. The summed E-state index contributed by atoms with van der Waals surface area (Å²) < 4.78 is 0. The Labute approximate surface area is 163 Å². The van der Waals surface area contributed by atoms with Crippen molar-refractivity contribution in [1.82, 2.24) is 10.2 Å². The molecule has 2 heterocycles. The van der Waals surface area contributed by atoms with Crippen molar-refractivity contribution >= 4 is 17.8 Å². The summed E-state index contributed by atoms with van der Waals surface area (Å²) in [4.78, 5) is 37.9. The lowest BCUT2D eigenvalue weighted by atomic mass is 9.70. The van der Waals surface area contributed by atoms with Gasteiger partial charge in [0.15, 0.2) is 0 Å². The van der Waals surface area contributed by atoms with Crippen molar-refractivity contribution in [3.8, 4) is 0 Å². The number of carbonyl (C=O) groups is 3. The molecule has 5 N–H and O–H groups in total. The molecule has 0 aromatic heterocycles. The number of amides is 2. The molecular weight excluding hydrogens is 362 g/mol. The Morgan fingerprint density at radius 3 is 2.71 bits per heavy atom. The molecule has 152 valence electrons. The van der Waals surface area contributed by atoms with Crippen LogP contribution in [0.4, 0.5) is 0 Å². The highest BCUT2D eigenvalue weighted by molar-refractivity contribution is 5.87. The number of nitrogens with one attached hydrogen (secondary N) is 1. The molecule has 0 aliphatic carbocycles. The zero-order valence-corrected chi connectivity index (χ0v) is 15.7. The van der Waals surface area contributed by atoms with Gasteiger partial charge in [-0.15, -0.1) is 0 Å². The summed E-state index contributed by atoms with van der Waals surface area (Å²) in [7, 11) is 0. The molecule has 3 rings (SSSR count). The van der Waals surface area contributed by atoms with E-state index in [9.17, 15) is 19.5 Å². The van der Waals surface area contributed by atoms with E-state index in [1.807, 2.05) is 30.3 Å². The summed E-state index contributed by atoms with van der Waals surface area (Å²) in [6.45, 7) is 0.670. The molecule has 2 saturated heterocycles. The Hall–Kier alpha value is -2.45. The van der Waals surface area contributed by atoms with E-state index in [0.717, 1.165) is 5.56 Å². The van der Waals surface area contributed by atoms with E-state index in [2.05, 4.69) is 5.32 Å². The first-order chi connectivity index (χ1) is 13.3. The van der Waals surface area contributed by atoms with Gasteiger partial charge in [0.25, 0.3) is 0 Å². The van der Waals surface area contributed by atoms with E-state index in [1.54, 1.807) is 4.90 Å². The van der Waals surface area contributed by atoms with Crippen LogP contribution in [-0.2, 0) is 14.4 Å². The number of carbonyl (C=O) groups excluding carboxylic acids is 2. The van der Waals surface area contributed by atoms with Gasteiger partial charge in [-0.25, -0.2) is 0 Å². The second kappa shape index (κ2) is 8.28. The summed E-state index contributed by atoms with van der Waals surface area (Å²) >= 11 is 0. The van der Waals surface area contributed by atoms with Crippen molar-refractivity contribution in [2.45, 2.75) is 50.3 Å². The highest BCUT2D eigenvalue weighted by Crippen LogP contribution is 2.41. The third-order valence-electron chi connectivity index (χ3n) is 5.79. The van der Waals surface area contributed by atoms with Gasteiger partial charge in [-0.05, 0) is 31.2 Å². The van der Waals surface area contributed by atoms with Gasteiger partial charge in [-0.1, -0.05) is 30.3 Å². The Bertz CT molecular complexity index is 741. The molecule has 0 unspecified atom stereocenters. The largest absolute Gasteiger partial charge is 0.481 e. The van der Waals surface area contributed by atoms with E-state index >= 15 is 0 Å². The fourth-order valence-corrected chi connectivity index (χ4v) is 4.28. The molecule has 2 fully saturated rings. The third kappa shape index (κ3) is 4.18. The maximum absolute atomic E-state index is 13.0. The molecule has 2 aliphatic rings. The normalized spacial score (nSPS) is 28.6. The monoisotopic (exact) mass is 389 g/mol. The minimum Gasteiger partial charge on any atom is -0.481 e. The molecule has 4 atom stereocenters. The number of aliphatic carboxylic acids is 1. The standard InChI is InChI=1S/C20H27N3O5/c21-14(7-8-16(25)26)18(27)23-10-4-9-20(12-23)11-15(24)17(22-19(20)28)13-5-2-1-3-6-13/h1-3,5-6,14-15,17,24H,4,7-12,21H2,(H,22,28)(H,25,26)/t14-,15+,17-,20+/m0/s1. The Kier molecular flexibility index (Phi) is 6.00. The number of nitrogens with two attached hydrogens (primary N) is 1. The lowest BCUT2D eigenvalue weighted by molar-refractivity contribution is -0.150. The van der Waals surface area contributed by atoms with E-state index in [0.29, 0.717) is 19.4 Å². The Morgan fingerprint density at radius 1 is 1.32 bits per heavy atom. The lowest BCUT2D eigenvalue weighted by Gasteiger charge is -2.47. The fraction of sp³-hybridized carbons (Fsp3) is 0.550. The smallest absolute Gasteiger partial charge is 0.303 e. The SMILES string of the molecule is N[C@@H](CCC(=O)O)C(=O)N1CCC[C@@]2(C[C@@H](O)[C@H](c3ccccc3)NC2=O)C1. The number of aliphatic hydroxyl groups is 1. The molecular formula is C20H27N3O5. The first-order valence-corrected chi connectivity index (χ1v) is 9.62. The van der Waals surface area contributed by atoms with Gasteiger partial charge in [0.2, 0.25) is 11.8 Å². The summed E-state index contributed by atoms with van der Waals surface area (Å²) in [6.07, 6.45) is 0.619. The molecule has 1 aromatic carbocycles. The second-order valence-corrected chi connectivity index (χ2v) is 7.82. The van der Waals surface area contributed by atoms with Crippen LogP contribution in [0.2, 0.25) is 0 Å². The minimum atomic E-state index is -1.000. The summed E-state index contributed by atoms with van der Waals surface area (Å²) in [5.41, 5.74) is 5.87. The van der Waals surface area contributed by atoms with Crippen LogP contribution in [0.1, 0.15) is 43.7 Å². The quantitative estimate of drug-likeness (QED) is 0.576. The average molecular weight is 389 g/mol. The summed E-state index contributed by atoms with van der Waals surface area (Å²) in [5.74, 6) is -1.50. The zero-order chi connectivity index (χ0) is 20.3. The van der Waals surface area contributed by atoms with Gasteiger partial charge in [0.1, 0.15) is 0 Å². The first-order valence-electron chi connectivity index (χ1n) is 9.62. The maximum Gasteiger partial charge on any atom is 0.303 e. The van der Waals surface area contributed by atoms with Gasteiger partial charge in [-0.2, -0.15) is 0 Å². The van der Waals surface area contributed by atoms with Crippen molar-refractivity contribution < 1.29 is 24.6 Å². The van der Waals surface area contributed by atoms with Crippen molar-refractivity contribution in [2.24, 2.45) is 11.1 Å². The first kappa shape index (κ1) is 20.3. The van der Waals surface area contributed by atoms with Gasteiger partial charge >= 0.3 is 5.97 Å². The van der Waals surface area contributed by atoms with Gasteiger partial charge < -0.3 is 26.2 Å². The molecule has 1 aromatic rings. The Balaban J connectivity index is 1.69. The summed E-state index contributed by atoms with van der Waals surface area (Å²) in [5, 5.41) is 22.4. The van der Waals surface area contributed by atoms with Crippen LogP contribution in [0.5, 0.6) is 0 Å². The number of benzene rings is 1. The number of rotatable bonds is 5. The average Bonchev–Trinajstić information content (AvgIpc) is 2.69. The van der Waals surface area contributed by atoms with Gasteiger partial charge in [0.05, 0.1) is 23.6 Å². The van der Waals surface area contributed by atoms with Crippen LogP contribution in [0.15, 0.2) is 30.3 Å². The zero-order valence-electron chi connectivity index (χ0n) is 15.7. The van der Waals surface area contributed by atoms with Crippen molar-refractivity contribution in [1.29, 1.82) is 0 Å². The highest BCUT2D eigenvalue weighted by atomic mass is 16.4. The highest BCUT2D eigenvalue weighted by Gasteiger charge is 2.50. The van der Waals surface area contributed by atoms with Crippen molar-refractivity contribution in [3.63, 3.8) is 0 Å². The van der Waals surface area contributed by atoms with Crippen LogP contribution >= 0.6 is 0 Å². The third-order valence-corrected chi connectivity index (χ3v) is 5.79. The molecule has 2 amide bonds. The fourth-order valence-electron chi connectivity index (χ4n) is 4.28. The molecule has 0 bridgehead atoms. The number of nitrogens with zero attached hydrogens (tertiary/aromatic N) is 1. The number of carboxylic acids is 1. The molecule has 0 radical (unpaired) electrons. The number of hydrogen-bond acceptors (Lipinski definition) is 5. The van der Waals surface area contributed by atoms with E-state index in [1.165, 1.54) is 0 Å². The predicted octanol–water partition coefficient (Wildman–Crippen LogP) is 0.409.